The van der Waals surface area contributed by atoms with E-state index in [1.165, 1.54) is 11.8 Å². The van der Waals surface area contributed by atoms with Gasteiger partial charge in [-0.1, -0.05) is 6.92 Å². The molecule has 0 aliphatic carbocycles. The Morgan fingerprint density at radius 3 is 2.09 bits per heavy atom. The molecule has 1 heterocycles. The molecule has 1 aliphatic heterocycles. The summed E-state index contributed by atoms with van der Waals surface area (Å²) in [4.78, 5) is 45.8. The number of ketones is 3. The number of hydrogen-bond acceptors (Lipinski definition) is 5. The van der Waals surface area contributed by atoms with Crippen LogP contribution in [0.1, 0.15) is 54.4 Å². The summed E-state index contributed by atoms with van der Waals surface area (Å²) in [6.45, 7) is 10.6. The molecule has 0 aromatic rings. The first-order valence-electron chi connectivity index (χ1n) is 7.48. The maximum absolute atomic E-state index is 11.8. The van der Waals surface area contributed by atoms with Crippen LogP contribution >= 0.6 is 0 Å². The predicted octanol–water partition coefficient (Wildman–Crippen LogP) is 2.39. The van der Waals surface area contributed by atoms with Crippen molar-refractivity contribution in [3.8, 4) is 0 Å². The molecule has 126 valence electrons. The van der Waals surface area contributed by atoms with E-state index in [2.05, 4.69) is 0 Å². The molecular formula is C16H27NO5. The van der Waals surface area contributed by atoms with Gasteiger partial charge in [0.2, 0.25) is 0 Å². The smallest absolute Gasteiger partial charge is 0.410 e. The number of nitrogens with zero attached hydrogens (tertiary/aromatic N) is 1. The van der Waals surface area contributed by atoms with Crippen LogP contribution in [0.15, 0.2) is 0 Å². The highest BCUT2D eigenvalue weighted by Gasteiger charge is 2.34. The van der Waals surface area contributed by atoms with Gasteiger partial charge in [-0.25, -0.2) is 4.79 Å². The van der Waals surface area contributed by atoms with Gasteiger partial charge < -0.3 is 14.4 Å². The molecule has 0 bridgehead atoms. The third kappa shape index (κ3) is 7.90. The van der Waals surface area contributed by atoms with Gasteiger partial charge in [0.05, 0.1) is 5.92 Å². The molecule has 0 radical (unpaired) electrons. The molecule has 0 N–H and O–H groups in total. The lowest BCUT2D eigenvalue weighted by Crippen LogP contribution is -2.48. The number of rotatable bonds is 2. The van der Waals surface area contributed by atoms with E-state index in [0.717, 1.165) is 0 Å². The van der Waals surface area contributed by atoms with Crippen LogP contribution in [0.2, 0.25) is 0 Å². The molecule has 0 spiro atoms. The first kappa shape index (κ1) is 20.3. The fraction of sp³-hybridized carbons (Fsp3) is 0.750. The Morgan fingerprint density at radius 1 is 1.23 bits per heavy atom. The number of hydrogen-bond donors (Lipinski definition) is 0. The molecule has 6 heteroatoms. The second-order valence-electron chi connectivity index (χ2n) is 6.36. The lowest BCUT2D eigenvalue weighted by molar-refractivity contribution is -0.134. The SMILES string of the molecule is CC(=O)C1CN(C(=O)OC(C)(C)C)CCC1=O.CCC(C)=O. The van der Waals surface area contributed by atoms with E-state index >= 15 is 0 Å². The van der Waals surface area contributed by atoms with E-state index in [0.29, 0.717) is 13.0 Å². The van der Waals surface area contributed by atoms with Crippen molar-refractivity contribution >= 4 is 23.4 Å². The predicted molar refractivity (Wildman–Crippen MR) is 82.6 cm³/mol. The first-order chi connectivity index (χ1) is 9.97. The van der Waals surface area contributed by atoms with Gasteiger partial charge in [0.1, 0.15) is 23.0 Å². The Labute approximate surface area is 132 Å². The molecule has 1 amide bonds. The number of ether oxygens (including phenoxy) is 1. The molecule has 1 saturated heterocycles. The molecule has 1 fully saturated rings. The van der Waals surface area contributed by atoms with Crippen LogP contribution in [0.3, 0.4) is 0 Å². The molecule has 0 aromatic heterocycles. The second-order valence-corrected chi connectivity index (χ2v) is 6.36. The Bertz CT molecular complexity index is 436. The Kier molecular flexibility index (Phi) is 7.98. The van der Waals surface area contributed by atoms with Crippen LogP contribution in [0.5, 0.6) is 0 Å². The summed E-state index contributed by atoms with van der Waals surface area (Å²) in [5, 5.41) is 0. The van der Waals surface area contributed by atoms with Crippen molar-refractivity contribution < 1.29 is 23.9 Å². The molecule has 22 heavy (non-hydrogen) atoms. The minimum Gasteiger partial charge on any atom is -0.444 e. The molecule has 6 nitrogen and oxygen atoms in total. The summed E-state index contributed by atoms with van der Waals surface area (Å²) in [7, 11) is 0. The number of carbonyl (C=O) groups excluding carboxylic acids is 4. The van der Waals surface area contributed by atoms with Crippen molar-refractivity contribution in [2.75, 3.05) is 13.1 Å². The lowest BCUT2D eigenvalue weighted by Gasteiger charge is -2.32. The highest BCUT2D eigenvalue weighted by Crippen LogP contribution is 2.17. The molecule has 1 rings (SSSR count). The summed E-state index contributed by atoms with van der Waals surface area (Å²) < 4.78 is 5.20. The van der Waals surface area contributed by atoms with E-state index in [-0.39, 0.29) is 30.3 Å². The number of piperidine rings is 1. The van der Waals surface area contributed by atoms with Gasteiger partial charge in [-0.3, -0.25) is 9.59 Å². The van der Waals surface area contributed by atoms with Crippen molar-refractivity contribution in [1.29, 1.82) is 0 Å². The van der Waals surface area contributed by atoms with Gasteiger partial charge in [-0.2, -0.15) is 0 Å². The van der Waals surface area contributed by atoms with Crippen molar-refractivity contribution in [1.82, 2.24) is 4.90 Å². The largest absolute Gasteiger partial charge is 0.444 e. The minimum absolute atomic E-state index is 0.0858. The van der Waals surface area contributed by atoms with Gasteiger partial charge in [0.25, 0.3) is 0 Å². The normalized spacial score (nSPS) is 18.2. The van der Waals surface area contributed by atoms with Crippen LogP contribution in [0, 0.1) is 5.92 Å². The summed E-state index contributed by atoms with van der Waals surface area (Å²) in [6.07, 6.45) is 0.431. The highest BCUT2D eigenvalue weighted by molar-refractivity contribution is 6.02. The molecule has 0 saturated carbocycles. The Morgan fingerprint density at radius 2 is 1.73 bits per heavy atom. The third-order valence-electron chi connectivity index (χ3n) is 3.06. The molecular weight excluding hydrogens is 286 g/mol. The Hall–Kier alpha value is -1.72. The van der Waals surface area contributed by atoms with E-state index < -0.39 is 17.6 Å². The van der Waals surface area contributed by atoms with Crippen LogP contribution in [-0.4, -0.2) is 47.0 Å². The topological polar surface area (TPSA) is 80.8 Å². The van der Waals surface area contributed by atoms with Gasteiger partial charge in [-0.05, 0) is 34.6 Å². The van der Waals surface area contributed by atoms with Gasteiger partial charge in [-0.15, -0.1) is 0 Å². The standard InChI is InChI=1S/C12H19NO4.C4H8O/c1-8(14)9-7-13(6-5-10(9)15)11(16)17-12(2,3)4;1-3-4(2)5/h9H,5-7H2,1-4H3;3H2,1-2H3. The van der Waals surface area contributed by atoms with E-state index in [1.54, 1.807) is 27.7 Å². The highest BCUT2D eigenvalue weighted by atomic mass is 16.6. The van der Waals surface area contributed by atoms with Gasteiger partial charge in [0.15, 0.2) is 0 Å². The average molecular weight is 313 g/mol. The zero-order chi connectivity index (χ0) is 17.5. The van der Waals surface area contributed by atoms with Crippen molar-refractivity contribution in [2.45, 2.75) is 60.0 Å². The van der Waals surface area contributed by atoms with Gasteiger partial charge in [0, 0.05) is 25.9 Å². The summed E-state index contributed by atoms with van der Waals surface area (Å²) in [6, 6.07) is 0. The van der Waals surface area contributed by atoms with Gasteiger partial charge >= 0.3 is 6.09 Å². The quantitative estimate of drug-likeness (QED) is 0.731. The van der Waals surface area contributed by atoms with Crippen LogP contribution in [0.4, 0.5) is 4.79 Å². The zero-order valence-corrected chi connectivity index (χ0v) is 14.4. The lowest BCUT2D eigenvalue weighted by atomic mass is 9.93. The fourth-order valence-electron chi connectivity index (χ4n) is 1.68. The van der Waals surface area contributed by atoms with Crippen molar-refractivity contribution in [3.05, 3.63) is 0 Å². The minimum atomic E-state index is -0.684. The van der Waals surface area contributed by atoms with Crippen molar-refractivity contribution in [3.63, 3.8) is 0 Å². The maximum atomic E-state index is 11.8. The third-order valence-corrected chi connectivity index (χ3v) is 3.06. The fourth-order valence-corrected chi connectivity index (χ4v) is 1.68. The van der Waals surface area contributed by atoms with E-state index in [1.807, 2.05) is 6.92 Å². The van der Waals surface area contributed by atoms with Crippen LogP contribution < -0.4 is 0 Å². The van der Waals surface area contributed by atoms with E-state index in [9.17, 15) is 19.2 Å². The van der Waals surface area contributed by atoms with Crippen LogP contribution in [0.25, 0.3) is 0 Å². The number of likely N-dealkylation sites (tertiary alicyclic amines) is 1. The average Bonchev–Trinajstić information content (AvgIpc) is 2.37. The number of carbonyl (C=O) groups is 4. The molecule has 1 unspecified atom stereocenters. The second kappa shape index (κ2) is 8.66. The van der Waals surface area contributed by atoms with E-state index in [4.69, 9.17) is 4.74 Å². The molecule has 0 aromatic carbocycles. The number of Topliss-reactive ketones (excluding diaryl/α,β-unsaturated/α-hetero) is 3. The van der Waals surface area contributed by atoms with Crippen molar-refractivity contribution in [2.24, 2.45) is 5.92 Å². The summed E-state index contributed by atoms with van der Waals surface area (Å²) in [5.41, 5.74) is -0.565. The first-order valence-corrected chi connectivity index (χ1v) is 7.48. The maximum Gasteiger partial charge on any atom is 0.410 e. The monoisotopic (exact) mass is 313 g/mol. The number of amides is 1. The zero-order valence-electron chi connectivity index (χ0n) is 14.4. The van der Waals surface area contributed by atoms with Crippen LogP contribution in [-0.2, 0) is 19.1 Å². The summed E-state index contributed by atoms with van der Waals surface area (Å²) in [5.74, 6) is -0.707. The summed E-state index contributed by atoms with van der Waals surface area (Å²) >= 11 is 0. The Balaban J connectivity index is 0.000000763. The molecule has 1 aliphatic rings. The molecule has 1 atom stereocenters.